The van der Waals surface area contributed by atoms with Gasteiger partial charge in [-0.05, 0) is 56.7 Å². The Bertz CT molecular complexity index is 576. The van der Waals surface area contributed by atoms with Crippen molar-refractivity contribution in [2.24, 2.45) is 5.73 Å². The number of aryl methyl sites for hydroxylation is 1. The Hall–Kier alpha value is -1.87. The van der Waals surface area contributed by atoms with Crippen molar-refractivity contribution in [1.29, 1.82) is 0 Å². The zero-order valence-electron chi connectivity index (χ0n) is 12.2. The average molecular weight is 272 g/mol. The summed E-state index contributed by atoms with van der Waals surface area (Å²) in [6.45, 7) is 6.81. The summed E-state index contributed by atoms with van der Waals surface area (Å²) in [6, 6.07) is 12.9. The number of nitrogens with two attached hydrogens (primary N) is 1. The van der Waals surface area contributed by atoms with Gasteiger partial charge in [0.1, 0.15) is 5.82 Å². The molecule has 0 bridgehead atoms. The average Bonchev–Trinajstić information content (AvgIpc) is 2.43. The van der Waals surface area contributed by atoms with Crippen molar-refractivity contribution >= 4 is 11.4 Å². The highest BCUT2D eigenvalue weighted by molar-refractivity contribution is 5.67. The first-order valence-corrected chi connectivity index (χ1v) is 6.92. The molecule has 0 radical (unpaired) electrons. The second kappa shape index (κ2) is 6.06. The van der Waals surface area contributed by atoms with Crippen molar-refractivity contribution in [3.05, 3.63) is 59.4 Å². The third-order valence-electron chi connectivity index (χ3n) is 3.43. The summed E-state index contributed by atoms with van der Waals surface area (Å²) in [5.74, 6) is -0.249. The Morgan fingerprint density at radius 2 is 1.80 bits per heavy atom. The lowest BCUT2D eigenvalue weighted by molar-refractivity contribution is 0.622. The van der Waals surface area contributed by atoms with E-state index in [-0.39, 0.29) is 11.9 Å². The minimum absolute atomic E-state index is 0.208. The highest BCUT2D eigenvalue weighted by Crippen LogP contribution is 2.31. The van der Waals surface area contributed by atoms with Gasteiger partial charge in [0.05, 0.1) is 0 Å². The Kier molecular flexibility index (Phi) is 4.40. The monoisotopic (exact) mass is 272 g/mol. The molecule has 1 atom stereocenters. The molecule has 2 nitrogen and oxygen atoms in total. The van der Waals surface area contributed by atoms with Crippen LogP contribution in [0, 0.1) is 12.7 Å². The molecule has 0 spiro atoms. The molecule has 2 rings (SSSR count). The van der Waals surface area contributed by atoms with E-state index in [1.54, 1.807) is 6.07 Å². The molecule has 2 aromatic rings. The molecule has 3 heteroatoms. The van der Waals surface area contributed by atoms with Gasteiger partial charge >= 0.3 is 0 Å². The molecular weight excluding hydrogens is 251 g/mol. The highest BCUT2D eigenvalue weighted by Gasteiger charge is 2.15. The fraction of sp³-hybridized carbons (Fsp3) is 0.294. The molecule has 0 unspecified atom stereocenters. The minimum Gasteiger partial charge on any atom is -0.341 e. The molecule has 106 valence electrons. The molecule has 0 amide bonds. The van der Waals surface area contributed by atoms with Gasteiger partial charge in [0.2, 0.25) is 0 Å². The number of halogens is 1. The van der Waals surface area contributed by atoms with Gasteiger partial charge in [-0.2, -0.15) is 0 Å². The quantitative estimate of drug-likeness (QED) is 0.898. The number of anilines is 2. The molecule has 0 aromatic heterocycles. The first-order chi connectivity index (χ1) is 9.52. The highest BCUT2D eigenvalue weighted by atomic mass is 19.1. The molecule has 2 N–H and O–H groups in total. The molecule has 20 heavy (non-hydrogen) atoms. The summed E-state index contributed by atoms with van der Waals surface area (Å²) in [5.41, 5.74) is 10.1. The van der Waals surface area contributed by atoms with Gasteiger partial charge in [-0.15, -0.1) is 0 Å². The van der Waals surface area contributed by atoms with Crippen LogP contribution in [0.15, 0.2) is 42.5 Å². The predicted molar refractivity (Wildman–Crippen MR) is 82.9 cm³/mol. The van der Waals surface area contributed by atoms with Crippen LogP contribution in [0.1, 0.15) is 31.0 Å². The van der Waals surface area contributed by atoms with Crippen LogP contribution in [-0.4, -0.2) is 6.54 Å². The fourth-order valence-electron chi connectivity index (χ4n) is 2.35. The van der Waals surface area contributed by atoms with Crippen LogP contribution < -0.4 is 10.6 Å². The number of hydrogen-bond donors (Lipinski definition) is 1. The first-order valence-electron chi connectivity index (χ1n) is 6.92. The lowest BCUT2D eigenvalue weighted by Gasteiger charge is -2.27. The Labute approximate surface area is 120 Å². The van der Waals surface area contributed by atoms with E-state index >= 15 is 0 Å². The maximum atomic E-state index is 13.5. The largest absolute Gasteiger partial charge is 0.341 e. The molecule has 0 fully saturated rings. The number of hydrogen-bond acceptors (Lipinski definition) is 2. The Morgan fingerprint density at radius 1 is 1.15 bits per heavy atom. The zero-order chi connectivity index (χ0) is 14.7. The maximum Gasteiger partial charge on any atom is 0.123 e. The van der Waals surface area contributed by atoms with Crippen LogP contribution in [0.4, 0.5) is 15.8 Å². The van der Waals surface area contributed by atoms with E-state index in [2.05, 4.69) is 43.0 Å². The van der Waals surface area contributed by atoms with Gasteiger partial charge in [0.15, 0.2) is 0 Å². The van der Waals surface area contributed by atoms with E-state index in [1.165, 1.54) is 17.7 Å². The van der Waals surface area contributed by atoms with Gasteiger partial charge in [0, 0.05) is 24.0 Å². The van der Waals surface area contributed by atoms with Crippen LogP contribution in [0.25, 0.3) is 0 Å². The van der Waals surface area contributed by atoms with Gasteiger partial charge in [-0.1, -0.05) is 17.7 Å². The minimum atomic E-state index is -0.249. The lowest BCUT2D eigenvalue weighted by Crippen LogP contribution is -2.20. The normalized spacial score (nSPS) is 12.2. The van der Waals surface area contributed by atoms with Gasteiger partial charge < -0.3 is 10.6 Å². The third kappa shape index (κ3) is 2.99. The van der Waals surface area contributed by atoms with Crippen molar-refractivity contribution in [3.63, 3.8) is 0 Å². The molecule has 0 aliphatic carbocycles. The zero-order valence-corrected chi connectivity index (χ0v) is 12.2. The van der Waals surface area contributed by atoms with Gasteiger partial charge in [-0.3, -0.25) is 0 Å². The van der Waals surface area contributed by atoms with Crippen LogP contribution in [-0.2, 0) is 0 Å². The fourth-order valence-corrected chi connectivity index (χ4v) is 2.35. The number of rotatable bonds is 4. The van der Waals surface area contributed by atoms with E-state index in [1.807, 2.05) is 6.92 Å². The molecule has 2 aromatic carbocycles. The Morgan fingerprint density at radius 3 is 2.35 bits per heavy atom. The SMILES string of the molecule is CCN(c1ccc(C)cc1)c1ccc(F)cc1[C@H](C)N. The van der Waals surface area contributed by atoms with Crippen LogP contribution in [0.5, 0.6) is 0 Å². The number of benzene rings is 2. The van der Waals surface area contributed by atoms with E-state index in [0.29, 0.717) is 0 Å². The maximum absolute atomic E-state index is 13.5. The molecular formula is C17H21FN2. The summed E-state index contributed by atoms with van der Waals surface area (Å²) in [6.07, 6.45) is 0. The van der Waals surface area contributed by atoms with Crippen molar-refractivity contribution in [2.45, 2.75) is 26.8 Å². The summed E-state index contributed by atoms with van der Waals surface area (Å²) in [4.78, 5) is 2.15. The molecule has 0 aliphatic rings. The molecule has 0 saturated heterocycles. The van der Waals surface area contributed by atoms with E-state index in [4.69, 9.17) is 5.73 Å². The van der Waals surface area contributed by atoms with Crippen LogP contribution in [0.3, 0.4) is 0 Å². The van der Waals surface area contributed by atoms with Gasteiger partial charge in [0.25, 0.3) is 0 Å². The second-order valence-corrected chi connectivity index (χ2v) is 5.07. The van der Waals surface area contributed by atoms with Gasteiger partial charge in [-0.25, -0.2) is 4.39 Å². The van der Waals surface area contributed by atoms with Crippen molar-refractivity contribution in [3.8, 4) is 0 Å². The second-order valence-electron chi connectivity index (χ2n) is 5.07. The standard InChI is InChI=1S/C17H21FN2/c1-4-20(15-8-5-12(2)6-9-15)17-10-7-14(18)11-16(17)13(3)19/h5-11,13H,4,19H2,1-3H3/t13-/m0/s1. The summed E-state index contributed by atoms with van der Waals surface area (Å²) >= 11 is 0. The molecule has 0 heterocycles. The van der Waals surface area contributed by atoms with Crippen molar-refractivity contribution in [1.82, 2.24) is 0 Å². The first kappa shape index (κ1) is 14.5. The lowest BCUT2D eigenvalue weighted by atomic mass is 10.0. The Balaban J connectivity index is 2.49. The summed E-state index contributed by atoms with van der Waals surface area (Å²) < 4.78 is 13.5. The van der Waals surface area contributed by atoms with Crippen LogP contribution >= 0.6 is 0 Å². The smallest absolute Gasteiger partial charge is 0.123 e. The molecule has 0 saturated carbocycles. The van der Waals surface area contributed by atoms with E-state index < -0.39 is 0 Å². The molecule has 0 aliphatic heterocycles. The number of nitrogens with zero attached hydrogens (tertiary/aromatic N) is 1. The summed E-state index contributed by atoms with van der Waals surface area (Å²) in [7, 11) is 0. The van der Waals surface area contributed by atoms with E-state index in [0.717, 1.165) is 23.5 Å². The van der Waals surface area contributed by atoms with Crippen molar-refractivity contribution in [2.75, 3.05) is 11.4 Å². The predicted octanol–water partition coefficient (Wildman–Crippen LogP) is 4.31. The topological polar surface area (TPSA) is 29.3 Å². The van der Waals surface area contributed by atoms with E-state index in [9.17, 15) is 4.39 Å². The summed E-state index contributed by atoms with van der Waals surface area (Å²) in [5, 5.41) is 0. The third-order valence-corrected chi connectivity index (χ3v) is 3.43. The van der Waals surface area contributed by atoms with Crippen molar-refractivity contribution < 1.29 is 4.39 Å². The van der Waals surface area contributed by atoms with Crippen LogP contribution in [0.2, 0.25) is 0 Å².